The van der Waals surface area contributed by atoms with Gasteiger partial charge in [-0.2, -0.15) is 0 Å². The lowest BCUT2D eigenvalue weighted by Crippen LogP contribution is -2.43. The van der Waals surface area contributed by atoms with Crippen molar-refractivity contribution in [1.29, 1.82) is 0 Å². The van der Waals surface area contributed by atoms with Crippen molar-refractivity contribution in [1.82, 2.24) is 10.2 Å². The van der Waals surface area contributed by atoms with E-state index in [0.717, 1.165) is 32.0 Å². The summed E-state index contributed by atoms with van der Waals surface area (Å²) in [6.07, 6.45) is 1.14. The normalized spacial score (nSPS) is 17.6. The number of amides is 1. The van der Waals surface area contributed by atoms with E-state index in [9.17, 15) is 4.79 Å². The first-order chi connectivity index (χ1) is 5.20. The van der Waals surface area contributed by atoms with Crippen molar-refractivity contribution in [3.63, 3.8) is 0 Å². The second kappa shape index (κ2) is 3.72. The SMILES string of the molecule is CC(=O)N(C)CCC1CNC1. The maximum absolute atomic E-state index is 10.8. The van der Waals surface area contributed by atoms with Crippen LogP contribution in [-0.4, -0.2) is 37.5 Å². The highest BCUT2D eigenvalue weighted by molar-refractivity contribution is 5.72. The molecule has 0 spiro atoms. The average molecular weight is 156 g/mol. The van der Waals surface area contributed by atoms with Gasteiger partial charge in [0.1, 0.15) is 0 Å². The van der Waals surface area contributed by atoms with Crippen LogP contribution in [0.25, 0.3) is 0 Å². The summed E-state index contributed by atoms with van der Waals surface area (Å²) < 4.78 is 0. The Labute approximate surface area is 67.8 Å². The summed E-state index contributed by atoms with van der Waals surface area (Å²) in [6.45, 7) is 4.78. The third-order valence-electron chi connectivity index (χ3n) is 2.28. The Morgan fingerprint density at radius 1 is 1.64 bits per heavy atom. The standard InChI is InChI=1S/C8H16N2O/c1-7(11)10(2)4-3-8-5-9-6-8/h8-9H,3-6H2,1-2H3. The number of hydrogen-bond acceptors (Lipinski definition) is 2. The Morgan fingerprint density at radius 3 is 2.64 bits per heavy atom. The first-order valence-electron chi connectivity index (χ1n) is 4.12. The first kappa shape index (κ1) is 8.53. The molecule has 0 saturated carbocycles. The summed E-state index contributed by atoms with van der Waals surface area (Å²) in [5, 5.41) is 3.21. The molecule has 3 nitrogen and oxygen atoms in total. The average Bonchev–Trinajstić information content (AvgIpc) is 1.83. The molecule has 0 atom stereocenters. The number of nitrogens with one attached hydrogen (secondary N) is 1. The van der Waals surface area contributed by atoms with Gasteiger partial charge in [-0.15, -0.1) is 0 Å². The van der Waals surface area contributed by atoms with Gasteiger partial charge in [0.05, 0.1) is 0 Å². The van der Waals surface area contributed by atoms with E-state index in [1.54, 1.807) is 11.8 Å². The number of nitrogens with zero attached hydrogens (tertiary/aromatic N) is 1. The highest BCUT2D eigenvalue weighted by Gasteiger charge is 2.16. The van der Waals surface area contributed by atoms with Gasteiger partial charge < -0.3 is 10.2 Å². The Morgan fingerprint density at radius 2 is 2.27 bits per heavy atom. The van der Waals surface area contributed by atoms with Crippen molar-refractivity contribution in [2.24, 2.45) is 5.92 Å². The Balaban J connectivity index is 2.05. The minimum absolute atomic E-state index is 0.164. The largest absolute Gasteiger partial charge is 0.346 e. The van der Waals surface area contributed by atoms with Crippen LogP contribution in [0.15, 0.2) is 0 Å². The van der Waals surface area contributed by atoms with Gasteiger partial charge in [-0.25, -0.2) is 0 Å². The van der Waals surface area contributed by atoms with Crippen LogP contribution in [0.5, 0.6) is 0 Å². The van der Waals surface area contributed by atoms with Gasteiger partial charge in [-0.3, -0.25) is 4.79 Å². The molecule has 0 radical (unpaired) electrons. The van der Waals surface area contributed by atoms with Gasteiger partial charge in [0.15, 0.2) is 0 Å². The van der Waals surface area contributed by atoms with Gasteiger partial charge >= 0.3 is 0 Å². The van der Waals surface area contributed by atoms with Crippen molar-refractivity contribution in [2.75, 3.05) is 26.7 Å². The van der Waals surface area contributed by atoms with Gasteiger partial charge in [0, 0.05) is 20.5 Å². The summed E-state index contributed by atoms with van der Waals surface area (Å²) >= 11 is 0. The number of rotatable bonds is 3. The molecule has 0 aromatic heterocycles. The van der Waals surface area contributed by atoms with E-state index in [1.165, 1.54) is 0 Å². The zero-order chi connectivity index (χ0) is 8.27. The van der Waals surface area contributed by atoms with Gasteiger partial charge in [-0.1, -0.05) is 0 Å². The summed E-state index contributed by atoms with van der Waals surface area (Å²) in [6, 6.07) is 0. The molecule has 1 saturated heterocycles. The third-order valence-corrected chi connectivity index (χ3v) is 2.28. The predicted molar refractivity (Wildman–Crippen MR) is 44.3 cm³/mol. The molecular weight excluding hydrogens is 140 g/mol. The van der Waals surface area contributed by atoms with Crippen LogP contribution in [-0.2, 0) is 4.79 Å². The van der Waals surface area contributed by atoms with Gasteiger partial charge in [0.25, 0.3) is 0 Å². The van der Waals surface area contributed by atoms with E-state index in [4.69, 9.17) is 0 Å². The topological polar surface area (TPSA) is 32.3 Å². The van der Waals surface area contributed by atoms with Gasteiger partial charge in [0.2, 0.25) is 5.91 Å². The predicted octanol–water partition coefficient (Wildman–Crippen LogP) is 0.0742. The molecule has 1 N–H and O–H groups in total. The summed E-state index contributed by atoms with van der Waals surface area (Å²) in [5.41, 5.74) is 0. The van der Waals surface area contributed by atoms with Crippen molar-refractivity contribution < 1.29 is 4.79 Å². The van der Waals surface area contributed by atoms with Crippen molar-refractivity contribution in [3.05, 3.63) is 0 Å². The lowest BCUT2D eigenvalue weighted by Gasteiger charge is -2.28. The van der Waals surface area contributed by atoms with E-state index >= 15 is 0 Å². The summed E-state index contributed by atoms with van der Waals surface area (Å²) in [7, 11) is 1.86. The quantitative estimate of drug-likeness (QED) is 0.627. The summed E-state index contributed by atoms with van der Waals surface area (Å²) in [4.78, 5) is 12.5. The molecule has 1 aliphatic rings. The second-order valence-electron chi connectivity index (χ2n) is 3.25. The van der Waals surface area contributed by atoms with E-state index in [1.807, 2.05) is 7.05 Å². The molecule has 1 aliphatic heterocycles. The number of carbonyl (C=O) groups is 1. The molecule has 0 aromatic carbocycles. The molecule has 1 heterocycles. The Kier molecular flexibility index (Phi) is 2.88. The minimum Gasteiger partial charge on any atom is -0.346 e. The zero-order valence-corrected chi connectivity index (χ0v) is 7.26. The molecule has 1 rings (SSSR count). The van der Waals surface area contributed by atoms with Crippen LogP contribution >= 0.6 is 0 Å². The summed E-state index contributed by atoms with van der Waals surface area (Å²) in [5.74, 6) is 0.967. The molecule has 0 aliphatic carbocycles. The van der Waals surface area contributed by atoms with E-state index in [0.29, 0.717) is 0 Å². The molecular formula is C8H16N2O. The number of hydrogen-bond donors (Lipinski definition) is 1. The van der Waals surface area contributed by atoms with Crippen LogP contribution < -0.4 is 5.32 Å². The molecule has 11 heavy (non-hydrogen) atoms. The van der Waals surface area contributed by atoms with Crippen molar-refractivity contribution in [3.8, 4) is 0 Å². The highest BCUT2D eigenvalue weighted by atomic mass is 16.2. The molecule has 0 unspecified atom stereocenters. The fraction of sp³-hybridized carbons (Fsp3) is 0.875. The van der Waals surface area contributed by atoms with E-state index in [-0.39, 0.29) is 5.91 Å². The lowest BCUT2D eigenvalue weighted by molar-refractivity contribution is -0.127. The zero-order valence-electron chi connectivity index (χ0n) is 7.26. The molecule has 0 bridgehead atoms. The third kappa shape index (κ3) is 2.50. The Bertz CT molecular complexity index is 143. The minimum atomic E-state index is 0.164. The lowest BCUT2D eigenvalue weighted by atomic mass is 9.99. The molecule has 64 valence electrons. The monoisotopic (exact) mass is 156 g/mol. The van der Waals surface area contributed by atoms with Crippen LogP contribution in [0.1, 0.15) is 13.3 Å². The maximum Gasteiger partial charge on any atom is 0.219 e. The number of carbonyl (C=O) groups excluding carboxylic acids is 1. The highest BCUT2D eigenvalue weighted by Crippen LogP contribution is 2.08. The van der Waals surface area contributed by atoms with Gasteiger partial charge in [-0.05, 0) is 25.4 Å². The second-order valence-corrected chi connectivity index (χ2v) is 3.25. The van der Waals surface area contributed by atoms with E-state index in [2.05, 4.69) is 5.32 Å². The maximum atomic E-state index is 10.8. The fourth-order valence-corrected chi connectivity index (χ4v) is 1.09. The van der Waals surface area contributed by atoms with Crippen molar-refractivity contribution >= 4 is 5.91 Å². The molecule has 1 amide bonds. The smallest absolute Gasteiger partial charge is 0.219 e. The molecule has 3 heteroatoms. The van der Waals surface area contributed by atoms with Crippen LogP contribution in [0.3, 0.4) is 0 Å². The molecule has 1 fully saturated rings. The van der Waals surface area contributed by atoms with Crippen LogP contribution in [0, 0.1) is 5.92 Å². The van der Waals surface area contributed by atoms with Crippen LogP contribution in [0.2, 0.25) is 0 Å². The van der Waals surface area contributed by atoms with Crippen molar-refractivity contribution in [2.45, 2.75) is 13.3 Å². The Hall–Kier alpha value is -0.570. The fourth-order valence-electron chi connectivity index (χ4n) is 1.09. The van der Waals surface area contributed by atoms with E-state index < -0.39 is 0 Å². The first-order valence-corrected chi connectivity index (χ1v) is 4.12. The molecule has 0 aromatic rings. The van der Waals surface area contributed by atoms with Crippen LogP contribution in [0.4, 0.5) is 0 Å².